The first-order valence-corrected chi connectivity index (χ1v) is 15.1. The van der Waals surface area contributed by atoms with Gasteiger partial charge in [-0.25, -0.2) is 4.79 Å². The number of rotatable bonds is 15. The zero-order valence-corrected chi connectivity index (χ0v) is 25.1. The molecule has 9 heteroatoms. The fraction of sp³-hybridized carbons (Fsp3) is 0.515. The van der Waals surface area contributed by atoms with Crippen molar-refractivity contribution in [3.05, 3.63) is 69.6 Å². The zero-order chi connectivity index (χ0) is 30.2. The lowest BCUT2D eigenvalue weighted by Crippen LogP contribution is -2.44. The Balaban J connectivity index is 0.00000506. The van der Waals surface area contributed by atoms with Crippen LogP contribution in [0.15, 0.2) is 47.3 Å². The number of fused-ring (bicyclic) bond motifs is 1. The van der Waals surface area contributed by atoms with Crippen LogP contribution < -0.4 is 16.7 Å². The third kappa shape index (κ3) is 7.97. The molecule has 2 heterocycles. The van der Waals surface area contributed by atoms with Crippen molar-refractivity contribution in [2.75, 3.05) is 0 Å². The molecule has 4 rings (SSSR count). The van der Waals surface area contributed by atoms with Crippen molar-refractivity contribution in [1.29, 1.82) is 0 Å². The molecule has 228 valence electrons. The van der Waals surface area contributed by atoms with Gasteiger partial charge in [0.05, 0.1) is 23.7 Å². The van der Waals surface area contributed by atoms with E-state index in [1.54, 1.807) is 11.6 Å². The van der Waals surface area contributed by atoms with E-state index in [1.807, 2.05) is 25.1 Å². The molecule has 0 saturated carbocycles. The SMILES string of the molecule is C[C@@H](CCC(N)=O)[C@@H](C)OCc1ccc(CCCCCCc2ccc3c(c2)n(C)c(=O)n3C2CCC(=O)NC2=O)cc1.[HH]. The van der Waals surface area contributed by atoms with Gasteiger partial charge in [0.15, 0.2) is 0 Å². The van der Waals surface area contributed by atoms with Crippen LogP contribution in [0.1, 0.15) is 89.4 Å². The second-order valence-electron chi connectivity index (χ2n) is 11.7. The first kappa shape index (κ1) is 31.2. The Morgan fingerprint density at radius 1 is 0.976 bits per heavy atom. The van der Waals surface area contributed by atoms with Crippen LogP contribution in [0.2, 0.25) is 0 Å². The van der Waals surface area contributed by atoms with Crippen molar-refractivity contribution in [3.63, 3.8) is 0 Å². The number of nitrogens with two attached hydrogens (primary N) is 1. The molecule has 3 amide bonds. The highest BCUT2D eigenvalue weighted by Gasteiger charge is 2.31. The number of piperidine rings is 1. The van der Waals surface area contributed by atoms with Gasteiger partial charge in [-0.05, 0) is 80.2 Å². The number of amides is 3. The van der Waals surface area contributed by atoms with Crippen molar-refractivity contribution in [2.24, 2.45) is 18.7 Å². The summed E-state index contributed by atoms with van der Waals surface area (Å²) in [5.41, 5.74) is 10.2. The maximum absolute atomic E-state index is 13.0. The van der Waals surface area contributed by atoms with Crippen LogP contribution >= 0.6 is 0 Å². The number of unbranched alkanes of at least 4 members (excludes halogenated alkanes) is 3. The number of nitrogens with one attached hydrogen (secondary N) is 1. The van der Waals surface area contributed by atoms with E-state index in [9.17, 15) is 19.2 Å². The van der Waals surface area contributed by atoms with Crippen LogP contribution in [-0.4, -0.2) is 33.0 Å². The molecular weight excluding hydrogens is 532 g/mol. The van der Waals surface area contributed by atoms with Gasteiger partial charge < -0.3 is 10.5 Å². The van der Waals surface area contributed by atoms with Gasteiger partial charge in [-0.15, -0.1) is 0 Å². The predicted octanol–water partition coefficient (Wildman–Crippen LogP) is 4.72. The van der Waals surface area contributed by atoms with Crippen LogP contribution in [-0.2, 0) is 45.6 Å². The highest BCUT2D eigenvalue weighted by atomic mass is 16.5. The lowest BCUT2D eigenvalue weighted by molar-refractivity contribution is -0.135. The largest absolute Gasteiger partial charge is 0.374 e. The second-order valence-corrected chi connectivity index (χ2v) is 11.7. The topological polar surface area (TPSA) is 125 Å². The predicted molar refractivity (Wildman–Crippen MR) is 165 cm³/mol. The zero-order valence-electron chi connectivity index (χ0n) is 25.1. The van der Waals surface area contributed by atoms with E-state index in [0.29, 0.717) is 19.4 Å². The molecule has 1 unspecified atom stereocenters. The number of aromatic nitrogens is 2. The number of hydrogen-bond acceptors (Lipinski definition) is 5. The van der Waals surface area contributed by atoms with Crippen LogP contribution in [0, 0.1) is 5.92 Å². The summed E-state index contributed by atoms with van der Waals surface area (Å²) in [5.74, 6) is -0.691. The number of carbonyl (C=O) groups excluding carboxylic acids is 3. The smallest absolute Gasteiger partial charge is 0.329 e. The summed E-state index contributed by atoms with van der Waals surface area (Å²) in [6.07, 6.45) is 8.23. The molecule has 3 atom stereocenters. The molecule has 1 aliphatic heterocycles. The minimum absolute atomic E-state index is 0. The maximum Gasteiger partial charge on any atom is 0.329 e. The number of aryl methyl sites for hydroxylation is 3. The standard InChI is InChI=1S/C33H44N4O5.H2/c1-22(10-18-30(34)38)23(2)42-21-26-13-11-24(12-14-26)8-6-4-5-7-9-25-15-16-27-29(20-25)36(3)33(41)37(27)28-17-19-31(39)35-32(28)40;/h11-16,20,22-23,28H,4-10,17-19,21H2,1-3H3,(H2,34,38)(H,35,39,40);1H/t22-,23+,28?;/m0./s1. The number of benzene rings is 2. The summed E-state index contributed by atoms with van der Waals surface area (Å²) in [4.78, 5) is 47.9. The van der Waals surface area contributed by atoms with Crippen molar-refractivity contribution in [1.82, 2.24) is 14.5 Å². The lowest BCUT2D eigenvalue weighted by atomic mass is 10.00. The van der Waals surface area contributed by atoms with E-state index in [0.717, 1.165) is 61.5 Å². The molecule has 0 aliphatic carbocycles. The normalized spacial score (nSPS) is 16.9. The van der Waals surface area contributed by atoms with Gasteiger partial charge in [0, 0.05) is 21.3 Å². The van der Waals surface area contributed by atoms with Crippen LogP contribution in [0.3, 0.4) is 0 Å². The first-order chi connectivity index (χ1) is 20.1. The molecule has 3 aromatic rings. The molecular formula is C33H46N4O5. The minimum Gasteiger partial charge on any atom is -0.374 e. The van der Waals surface area contributed by atoms with E-state index >= 15 is 0 Å². The third-order valence-electron chi connectivity index (χ3n) is 8.54. The maximum atomic E-state index is 13.0. The Hall–Kier alpha value is -3.72. The molecule has 1 aliphatic rings. The van der Waals surface area contributed by atoms with Gasteiger partial charge in [-0.2, -0.15) is 0 Å². The molecule has 1 fully saturated rings. The van der Waals surface area contributed by atoms with Gasteiger partial charge >= 0.3 is 5.69 Å². The highest BCUT2D eigenvalue weighted by molar-refractivity contribution is 6.00. The molecule has 0 bridgehead atoms. The molecule has 42 heavy (non-hydrogen) atoms. The first-order valence-electron chi connectivity index (χ1n) is 15.1. The number of carbonyl (C=O) groups is 3. The average Bonchev–Trinajstić information content (AvgIpc) is 3.21. The van der Waals surface area contributed by atoms with E-state index in [1.165, 1.54) is 15.7 Å². The summed E-state index contributed by atoms with van der Waals surface area (Å²) in [7, 11) is 1.73. The van der Waals surface area contributed by atoms with Crippen LogP contribution in [0.25, 0.3) is 11.0 Å². The van der Waals surface area contributed by atoms with Crippen LogP contribution in [0.5, 0.6) is 0 Å². The van der Waals surface area contributed by atoms with Gasteiger partial charge in [0.2, 0.25) is 17.7 Å². The second kappa shape index (κ2) is 14.4. The summed E-state index contributed by atoms with van der Waals surface area (Å²) < 4.78 is 9.11. The molecule has 9 nitrogen and oxygen atoms in total. The van der Waals surface area contributed by atoms with Crippen molar-refractivity contribution >= 4 is 28.8 Å². The Morgan fingerprint density at radius 3 is 2.29 bits per heavy atom. The van der Waals surface area contributed by atoms with E-state index in [-0.39, 0.29) is 37.4 Å². The number of imide groups is 1. The average molecular weight is 579 g/mol. The molecule has 0 spiro atoms. The summed E-state index contributed by atoms with van der Waals surface area (Å²) in [6.45, 7) is 4.69. The Labute approximate surface area is 248 Å². The van der Waals surface area contributed by atoms with Crippen molar-refractivity contribution in [2.45, 2.75) is 96.8 Å². The fourth-order valence-electron chi connectivity index (χ4n) is 5.60. The van der Waals surface area contributed by atoms with Crippen LogP contribution in [0.4, 0.5) is 0 Å². The Bertz CT molecular complexity index is 1460. The van der Waals surface area contributed by atoms with Gasteiger partial charge in [0.25, 0.3) is 0 Å². The van der Waals surface area contributed by atoms with E-state index < -0.39 is 11.9 Å². The monoisotopic (exact) mass is 578 g/mol. The Morgan fingerprint density at radius 2 is 1.62 bits per heavy atom. The van der Waals surface area contributed by atoms with E-state index in [2.05, 4.69) is 36.5 Å². The number of imidazole rings is 1. The lowest BCUT2D eigenvalue weighted by Gasteiger charge is -2.21. The van der Waals surface area contributed by atoms with Gasteiger partial charge in [-0.1, -0.05) is 50.1 Å². The quantitative estimate of drug-likeness (QED) is 0.199. The molecule has 2 aromatic carbocycles. The molecule has 1 saturated heterocycles. The van der Waals surface area contributed by atoms with Crippen molar-refractivity contribution in [3.8, 4) is 0 Å². The fourth-order valence-corrected chi connectivity index (χ4v) is 5.60. The minimum atomic E-state index is -0.660. The van der Waals surface area contributed by atoms with E-state index in [4.69, 9.17) is 10.5 Å². The molecule has 1 aromatic heterocycles. The molecule has 0 radical (unpaired) electrons. The highest BCUT2D eigenvalue weighted by Crippen LogP contribution is 2.24. The summed E-state index contributed by atoms with van der Waals surface area (Å²) in [6, 6.07) is 14.0. The third-order valence-corrected chi connectivity index (χ3v) is 8.54. The number of ether oxygens (including phenoxy) is 1. The van der Waals surface area contributed by atoms with Gasteiger partial charge in [-0.3, -0.25) is 28.8 Å². The molecule has 3 N–H and O–H groups in total. The number of hydrogen-bond donors (Lipinski definition) is 2. The Kier molecular flexibility index (Phi) is 10.7. The number of primary amides is 1. The number of nitrogens with zero attached hydrogens (tertiary/aromatic N) is 2. The summed E-state index contributed by atoms with van der Waals surface area (Å²) in [5, 5.41) is 2.35. The van der Waals surface area contributed by atoms with Gasteiger partial charge in [0.1, 0.15) is 6.04 Å². The van der Waals surface area contributed by atoms with Crippen molar-refractivity contribution < 1.29 is 20.5 Å². The summed E-state index contributed by atoms with van der Waals surface area (Å²) >= 11 is 0.